The molecule has 34 heavy (non-hydrogen) atoms. The van der Waals surface area contributed by atoms with Crippen LogP contribution in [-0.4, -0.2) is 43.3 Å². The quantitative estimate of drug-likeness (QED) is 0.474. The van der Waals surface area contributed by atoms with Crippen LogP contribution in [0.3, 0.4) is 0 Å². The molecule has 6 nitrogen and oxygen atoms in total. The number of carbonyl (C=O) groups excluding carboxylic acids is 1. The Morgan fingerprint density at radius 3 is 2.53 bits per heavy atom. The van der Waals surface area contributed by atoms with Crippen LogP contribution < -0.4 is 0 Å². The zero-order chi connectivity index (χ0) is 24.3. The van der Waals surface area contributed by atoms with Crippen molar-refractivity contribution < 1.29 is 18.0 Å². The van der Waals surface area contributed by atoms with Crippen LogP contribution in [0, 0.1) is 5.92 Å². The molecule has 1 aliphatic heterocycles. The Balaban J connectivity index is 1.56. The average molecular weight is 490 g/mol. The molecule has 2 aromatic heterocycles. The molecule has 0 N–H and O–H groups in total. The molecule has 3 aromatic rings. The third-order valence-corrected chi connectivity index (χ3v) is 6.33. The second kappa shape index (κ2) is 10.0. The van der Waals surface area contributed by atoms with Gasteiger partial charge < -0.3 is 4.90 Å². The number of nitrogens with zero attached hydrogens (tertiary/aromatic N) is 5. The Hall–Kier alpha value is -3.07. The third-order valence-electron chi connectivity index (χ3n) is 6.09. The monoisotopic (exact) mass is 489 g/mol. The summed E-state index contributed by atoms with van der Waals surface area (Å²) in [6, 6.07) is 6.63. The van der Waals surface area contributed by atoms with Crippen LogP contribution in [0.25, 0.3) is 11.4 Å². The molecule has 3 heterocycles. The number of hydrogen-bond donors (Lipinski definition) is 0. The number of hydrogen-bond acceptors (Lipinski definition) is 5. The minimum atomic E-state index is -4.47. The molecule has 0 aliphatic carbocycles. The minimum Gasteiger partial charge on any atom is -0.335 e. The van der Waals surface area contributed by atoms with Crippen LogP contribution in [0.1, 0.15) is 47.9 Å². The highest BCUT2D eigenvalue weighted by atomic mass is 35.5. The summed E-state index contributed by atoms with van der Waals surface area (Å²) in [6.45, 7) is 2.67. The van der Waals surface area contributed by atoms with Gasteiger partial charge >= 0.3 is 6.18 Å². The van der Waals surface area contributed by atoms with E-state index in [1.807, 2.05) is 4.90 Å². The fourth-order valence-electron chi connectivity index (χ4n) is 4.33. The molecule has 0 spiro atoms. The van der Waals surface area contributed by atoms with Crippen LogP contribution in [0.2, 0.25) is 5.02 Å². The van der Waals surface area contributed by atoms with Crippen molar-refractivity contribution in [1.29, 1.82) is 0 Å². The second-order valence-corrected chi connectivity index (χ2v) is 8.81. The van der Waals surface area contributed by atoms with Gasteiger partial charge in [-0.15, -0.1) is 0 Å². The zero-order valence-electron chi connectivity index (χ0n) is 18.5. The standard InChI is InChI=1S/C24H23ClF3N5O/c1-15-4-2-11-33(20(15)7-8-21-31-13-16(14-32-21)24(26,27)28)23(34)18-6-5-17(25)12-19(18)22-29-9-3-10-30-22/h3,5-6,9-10,12-15,20H,2,4,7-8,11H2,1H3/t15-,20-/m1/s1. The summed E-state index contributed by atoms with van der Waals surface area (Å²) in [4.78, 5) is 31.9. The molecule has 1 amide bonds. The van der Waals surface area contributed by atoms with Crippen molar-refractivity contribution >= 4 is 17.5 Å². The molecule has 0 radical (unpaired) electrons. The number of alkyl halides is 3. The SMILES string of the molecule is C[C@@H]1CCCN(C(=O)c2ccc(Cl)cc2-c2ncccn2)[C@@H]1CCc1ncc(C(F)(F)F)cn1. The summed E-state index contributed by atoms with van der Waals surface area (Å²) < 4.78 is 38.4. The maximum atomic E-state index is 13.7. The van der Waals surface area contributed by atoms with Gasteiger partial charge in [0.25, 0.3) is 5.91 Å². The van der Waals surface area contributed by atoms with E-state index in [4.69, 9.17) is 11.6 Å². The number of halogens is 4. The fraction of sp³-hybridized carbons (Fsp3) is 0.375. The van der Waals surface area contributed by atoms with E-state index in [9.17, 15) is 18.0 Å². The molecule has 1 aliphatic rings. The van der Waals surface area contributed by atoms with Crippen molar-refractivity contribution in [2.24, 2.45) is 5.92 Å². The smallest absolute Gasteiger partial charge is 0.335 e. The first-order valence-electron chi connectivity index (χ1n) is 11.0. The summed E-state index contributed by atoms with van der Waals surface area (Å²) in [5.74, 6) is 0.802. The van der Waals surface area contributed by atoms with E-state index >= 15 is 0 Å². The van der Waals surface area contributed by atoms with Crippen molar-refractivity contribution in [2.75, 3.05) is 6.54 Å². The molecular formula is C24H23ClF3N5O. The number of rotatable bonds is 5. The van der Waals surface area contributed by atoms with E-state index in [1.54, 1.807) is 36.7 Å². The molecule has 10 heteroatoms. The van der Waals surface area contributed by atoms with E-state index < -0.39 is 11.7 Å². The lowest BCUT2D eigenvalue weighted by atomic mass is 9.87. The Morgan fingerprint density at radius 1 is 1.15 bits per heavy atom. The van der Waals surface area contributed by atoms with Crippen molar-refractivity contribution in [1.82, 2.24) is 24.8 Å². The van der Waals surface area contributed by atoms with Gasteiger partial charge in [-0.1, -0.05) is 18.5 Å². The lowest BCUT2D eigenvalue weighted by Gasteiger charge is -2.40. The predicted octanol–water partition coefficient (Wildman–Crippen LogP) is 5.48. The van der Waals surface area contributed by atoms with Gasteiger partial charge in [-0.25, -0.2) is 19.9 Å². The average Bonchev–Trinajstić information content (AvgIpc) is 2.83. The first-order chi connectivity index (χ1) is 16.2. The molecule has 0 unspecified atom stereocenters. The zero-order valence-corrected chi connectivity index (χ0v) is 19.2. The summed E-state index contributed by atoms with van der Waals surface area (Å²) in [5, 5.41) is 0.474. The van der Waals surface area contributed by atoms with Crippen molar-refractivity contribution in [3.05, 3.63) is 71.0 Å². The van der Waals surface area contributed by atoms with Gasteiger partial charge in [0, 0.05) is 54.4 Å². The molecule has 4 rings (SSSR count). The van der Waals surface area contributed by atoms with Crippen molar-refractivity contribution in [2.45, 2.75) is 44.8 Å². The van der Waals surface area contributed by atoms with Crippen LogP contribution >= 0.6 is 11.6 Å². The van der Waals surface area contributed by atoms with E-state index in [1.165, 1.54) is 0 Å². The Labute approximate surface area is 200 Å². The lowest BCUT2D eigenvalue weighted by molar-refractivity contribution is -0.138. The van der Waals surface area contributed by atoms with Crippen molar-refractivity contribution in [3.8, 4) is 11.4 Å². The van der Waals surface area contributed by atoms with Crippen molar-refractivity contribution in [3.63, 3.8) is 0 Å². The first-order valence-corrected chi connectivity index (χ1v) is 11.4. The molecule has 1 fully saturated rings. The van der Waals surface area contributed by atoms with E-state index in [0.29, 0.717) is 47.2 Å². The molecule has 178 valence electrons. The lowest BCUT2D eigenvalue weighted by Crippen LogP contribution is -2.48. The Morgan fingerprint density at radius 2 is 1.85 bits per heavy atom. The van der Waals surface area contributed by atoms with Gasteiger partial charge in [0.2, 0.25) is 0 Å². The topological polar surface area (TPSA) is 71.9 Å². The summed E-state index contributed by atoms with van der Waals surface area (Å²) in [7, 11) is 0. The van der Waals surface area contributed by atoms with E-state index in [0.717, 1.165) is 25.2 Å². The minimum absolute atomic E-state index is 0.104. The van der Waals surface area contributed by atoms with Gasteiger partial charge in [-0.3, -0.25) is 4.79 Å². The number of benzene rings is 1. The second-order valence-electron chi connectivity index (χ2n) is 8.37. The Bertz CT molecular complexity index is 1140. The summed E-state index contributed by atoms with van der Waals surface area (Å²) in [6.07, 6.45) is 3.07. The third kappa shape index (κ3) is 5.35. The maximum absolute atomic E-state index is 13.7. The number of piperidine rings is 1. The van der Waals surface area contributed by atoms with Gasteiger partial charge in [0.05, 0.1) is 11.1 Å². The number of aryl methyl sites for hydroxylation is 1. The largest absolute Gasteiger partial charge is 0.419 e. The molecule has 0 saturated carbocycles. The highest BCUT2D eigenvalue weighted by Crippen LogP contribution is 2.32. The molecule has 0 bridgehead atoms. The number of carbonyl (C=O) groups is 1. The van der Waals surface area contributed by atoms with Crippen LogP contribution in [0.4, 0.5) is 13.2 Å². The van der Waals surface area contributed by atoms with Gasteiger partial charge in [0.15, 0.2) is 5.82 Å². The molecule has 1 saturated heterocycles. The van der Waals surface area contributed by atoms with E-state index in [2.05, 4.69) is 26.9 Å². The molecule has 2 atom stereocenters. The highest BCUT2D eigenvalue weighted by molar-refractivity contribution is 6.31. The summed E-state index contributed by atoms with van der Waals surface area (Å²) >= 11 is 6.20. The highest BCUT2D eigenvalue weighted by Gasteiger charge is 2.34. The normalized spacial score (nSPS) is 18.7. The van der Waals surface area contributed by atoms with Gasteiger partial charge in [-0.05, 0) is 49.4 Å². The fourth-order valence-corrected chi connectivity index (χ4v) is 4.50. The molecule has 1 aromatic carbocycles. The maximum Gasteiger partial charge on any atom is 0.419 e. The van der Waals surface area contributed by atoms with Gasteiger partial charge in [-0.2, -0.15) is 13.2 Å². The first kappa shape index (κ1) is 24.1. The number of aromatic nitrogens is 4. The number of amides is 1. The van der Waals surface area contributed by atoms with Gasteiger partial charge in [0.1, 0.15) is 5.82 Å². The summed E-state index contributed by atoms with van der Waals surface area (Å²) in [5.41, 5.74) is 0.138. The van der Waals surface area contributed by atoms with Crippen LogP contribution in [0.5, 0.6) is 0 Å². The Kier molecular flexibility index (Phi) is 7.11. The number of likely N-dealkylation sites (tertiary alicyclic amines) is 1. The van der Waals surface area contributed by atoms with E-state index in [-0.39, 0.29) is 17.9 Å². The van der Waals surface area contributed by atoms with Crippen LogP contribution in [-0.2, 0) is 12.6 Å². The molecular weight excluding hydrogens is 467 g/mol. The predicted molar refractivity (Wildman–Crippen MR) is 121 cm³/mol. The van der Waals surface area contributed by atoms with Crippen LogP contribution in [0.15, 0.2) is 49.1 Å².